The maximum absolute atomic E-state index is 3.56. The molecule has 2 heteroatoms. The van der Waals surface area contributed by atoms with Crippen LogP contribution in [0.2, 0.25) is 0 Å². The number of piperidine rings is 1. The van der Waals surface area contributed by atoms with Crippen LogP contribution in [0, 0.1) is 0 Å². The molecule has 0 radical (unpaired) electrons. The van der Waals surface area contributed by atoms with Gasteiger partial charge < -0.3 is 9.88 Å². The van der Waals surface area contributed by atoms with E-state index in [1.54, 1.807) is 0 Å². The van der Waals surface area contributed by atoms with Crippen LogP contribution in [-0.4, -0.2) is 30.0 Å². The summed E-state index contributed by atoms with van der Waals surface area (Å²) >= 11 is 0. The first-order valence-electron chi connectivity index (χ1n) is 7.50. The number of likely N-dealkylation sites (tertiary alicyclic amines) is 1. The summed E-state index contributed by atoms with van der Waals surface area (Å²) in [6.45, 7) is 2.44. The van der Waals surface area contributed by atoms with Crippen molar-refractivity contribution in [3.8, 4) is 0 Å². The fraction of sp³-hybridized carbons (Fsp3) is 0.333. The van der Waals surface area contributed by atoms with E-state index < -0.39 is 0 Å². The van der Waals surface area contributed by atoms with Crippen LogP contribution in [0.15, 0.2) is 42.5 Å². The fourth-order valence-electron chi connectivity index (χ4n) is 3.47. The monoisotopic (exact) mass is 264 g/mol. The van der Waals surface area contributed by atoms with E-state index in [0.29, 0.717) is 0 Å². The van der Waals surface area contributed by atoms with E-state index in [9.17, 15) is 0 Å². The van der Waals surface area contributed by atoms with E-state index in [1.807, 2.05) is 0 Å². The van der Waals surface area contributed by atoms with Gasteiger partial charge in [-0.05, 0) is 56.6 Å². The van der Waals surface area contributed by atoms with Crippen molar-refractivity contribution < 1.29 is 0 Å². The molecule has 1 aliphatic rings. The minimum Gasteiger partial charge on any atom is -0.355 e. The van der Waals surface area contributed by atoms with Crippen molar-refractivity contribution in [2.45, 2.75) is 18.8 Å². The SMILES string of the molecule is CN1CCC(c2ccc3c(c2)[nH]c2ccccc23)CC1. The number of hydrogen-bond donors (Lipinski definition) is 1. The fourth-order valence-corrected chi connectivity index (χ4v) is 3.47. The van der Waals surface area contributed by atoms with Crippen LogP contribution in [-0.2, 0) is 0 Å². The number of nitrogens with one attached hydrogen (secondary N) is 1. The highest BCUT2D eigenvalue weighted by atomic mass is 15.1. The first-order valence-corrected chi connectivity index (χ1v) is 7.50. The van der Waals surface area contributed by atoms with Gasteiger partial charge >= 0.3 is 0 Å². The topological polar surface area (TPSA) is 19.0 Å². The summed E-state index contributed by atoms with van der Waals surface area (Å²) < 4.78 is 0. The highest BCUT2D eigenvalue weighted by molar-refractivity contribution is 6.07. The number of rotatable bonds is 1. The second-order valence-electron chi connectivity index (χ2n) is 6.05. The van der Waals surface area contributed by atoms with Gasteiger partial charge in [0.1, 0.15) is 0 Å². The van der Waals surface area contributed by atoms with E-state index in [1.165, 1.54) is 53.3 Å². The van der Waals surface area contributed by atoms with Crippen molar-refractivity contribution >= 4 is 21.8 Å². The summed E-state index contributed by atoms with van der Waals surface area (Å²) in [6, 6.07) is 15.6. The Kier molecular flexibility index (Phi) is 2.78. The molecule has 2 aromatic carbocycles. The largest absolute Gasteiger partial charge is 0.355 e. The number of nitrogens with zero attached hydrogens (tertiary/aromatic N) is 1. The summed E-state index contributed by atoms with van der Waals surface area (Å²) in [5.41, 5.74) is 4.02. The van der Waals surface area contributed by atoms with Crippen molar-refractivity contribution in [2.24, 2.45) is 0 Å². The minimum atomic E-state index is 0.724. The molecule has 0 amide bonds. The van der Waals surface area contributed by atoms with Gasteiger partial charge in [0.2, 0.25) is 0 Å². The van der Waals surface area contributed by atoms with Crippen LogP contribution in [0.25, 0.3) is 21.8 Å². The predicted molar refractivity (Wildman–Crippen MR) is 85.3 cm³/mol. The number of aromatic nitrogens is 1. The summed E-state index contributed by atoms with van der Waals surface area (Å²) in [7, 11) is 2.22. The third kappa shape index (κ3) is 1.92. The molecule has 0 unspecified atom stereocenters. The molecular weight excluding hydrogens is 244 g/mol. The van der Waals surface area contributed by atoms with Gasteiger partial charge in [-0.3, -0.25) is 0 Å². The predicted octanol–water partition coefficient (Wildman–Crippen LogP) is 4.13. The Morgan fingerprint density at radius 1 is 0.950 bits per heavy atom. The van der Waals surface area contributed by atoms with Gasteiger partial charge in [0, 0.05) is 21.8 Å². The maximum Gasteiger partial charge on any atom is 0.0467 e. The van der Waals surface area contributed by atoms with Crippen molar-refractivity contribution in [1.29, 1.82) is 0 Å². The second-order valence-corrected chi connectivity index (χ2v) is 6.05. The average molecular weight is 264 g/mol. The second kappa shape index (κ2) is 4.64. The van der Waals surface area contributed by atoms with E-state index in [2.05, 4.69) is 59.4 Å². The minimum absolute atomic E-state index is 0.724. The Morgan fingerprint density at radius 2 is 1.70 bits per heavy atom. The number of para-hydroxylation sites is 1. The summed E-state index contributed by atoms with van der Waals surface area (Å²) in [4.78, 5) is 5.98. The molecule has 20 heavy (non-hydrogen) atoms. The maximum atomic E-state index is 3.56. The Hall–Kier alpha value is -1.80. The van der Waals surface area contributed by atoms with E-state index in [4.69, 9.17) is 0 Å². The normalized spacial score (nSPS) is 18.1. The Balaban J connectivity index is 1.77. The van der Waals surface area contributed by atoms with Crippen LogP contribution in [0.4, 0.5) is 0 Å². The number of hydrogen-bond acceptors (Lipinski definition) is 1. The van der Waals surface area contributed by atoms with Gasteiger partial charge in [-0.1, -0.05) is 30.3 Å². The van der Waals surface area contributed by atoms with Crippen molar-refractivity contribution in [2.75, 3.05) is 20.1 Å². The average Bonchev–Trinajstić information content (AvgIpc) is 2.85. The van der Waals surface area contributed by atoms with Crippen molar-refractivity contribution in [1.82, 2.24) is 9.88 Å². The Labute approximate surface area is 119 Å². The van der Waals surface area contributed by atoms with Crippen LogP contribution in [0.1, 0.15) is 24.3 Å². The molecule has 3 aromatic rings. The zero-order valence-electron chi connectivity index (χ0n) is 11.9. The third-order valence-electron chi connectivity index (χ3n) is 4.72. The van der Waals surface area contributed by atoms with E-state index in [0.717, 1.165) is 5.92 Å². The summed E-state index contributed by atoms with van der Waals surface area (Å²) in [6.07, 6.45) is 2.56. The zero-order chi connectivity index (χ0) is 13.5. The van der Waals surface area contributed by atoms with Gasteiger partial charge in [0.15, 0.2) is 0 Å². The highest BCUT2D eigenvalue weighted by Gasteiger charge is 2.18. The number of H-pyrrole nitrogens is 1. The first-order chi connectivity index (χ1) is 9.81. The molecule has 0 aliphatic carbocycles. The lowest BCUT2D eigenvalue weighted by molar-refractivity contribution is 0.255. The molecule has 102 valence electrons. The molecule has 0 saturated carbocycles. The molecule has 4 rings (SSSR count). The Bertz CT molecular complexity index is 748. The van der Waals surface area contributed by atoms with Gasteiger partial charge in [-0.2, -0.15) is 0 Å². The zero-order valence-corrected chi connectivity index (χ0v) is 11.9. The molecule has 1 fully saturated rings. The number of aromatic amines is 1. The molecule has 2 heterocycles. The molecule has 1 saturated heterocycles. The molecular formula is C18H20N2. The number of fused-ring (bicyclic) bond motifs is 3. The van der Waals surface area contributed by atoms with Gasteiger partial charge in [0.25, 0.3) is 0 Å². The van der Waals surface area contributed by atoms with Gasteiger partial charge in [-0.25, -0.2) is 0 Å². The third-order valence-corrected chi connectivity index (χ3v) is 4.72. The molecule has 0 spiro atoms. The van der Waals surface area contributed by atoms with Crippen LogP contribution < -0.4 is 0 Å². The van der Waals surface area contributed by atoms with Crippen LogP contribution in [0.5, 0.6) is 0 Å². The van der Waals surface area contributed by atoms with Crippen LogP contribution in [0.3, 0.4) is 0 Å². The highest BCUT2D eigenvalue weighted by Crippen LogP contribution is 2.32. The summed E-state index contributed by atoms with van der Waals surface area (Å²) in [5, 5.41) is 2.68. The smallest absolute Gasteiger partial charge is 0.0467 e. The first kappa shape index (κ1) is 12.0. The molecule has 2 nitrogen and oxygen atoms in total. The van der Waals surface area contributed by atoms with E-state index in [-0.39, 0.29) is 0 Å². The number of benzene rings is 2. The molecule has 1 N–H and O–H groups in total. The molecule has 0 bridgehead atoms. The molecule has 1 aliphatic heterocycles. The molecule has 1 aromatic heterocycles. The lowest BCUT2D eigenvalue weighted by atomic mass is 9.89. The van der Waals surface area contributed by atoms with E-state index >= 15 is 0 Å². The van der Waals surface area contributed by atoms with Crippen molar-refractivity contribution in [3.05, 3.63) is 48.0 Å². The van der Waals surface area contributed by atoms with Gasteiger partial charge in [0.05, 0.1) is 0 Å². The lowest BCUT2D eigenvalue weighted by Crippen LogP contribution is -2.29. The van der Waals surface area contributed by atoms with Crippen molar-refractivity contribution in [3.63, 3.8) is 0 Å². The lowest BCUT2D eigenvalue weighted by Gasteiger charge is -2.29. The van der Waals surface area contributed by atoms with Crippen LogP contribution >= 0.6 is 0 Å². The Morgan fingerprint density at radius 3 is 2.55 bits per heavy atom. The standard InChI is InChI=1S/C18H20N2/c1-20-10-8-13(9-11-20)14-6-7-16-15-4-2-3-5-17(15)19-18(16)12-14/h2-7,12-13,19H,8-11H2,1H3. The summed E-state index contributed by atoms with van der Waals surface area (Å²) in [5.74, 6) is 0.724. The quantitative estimate of drug-likeness (QED) is 0.700. The van der Waals surface area contributed by atoms with Gasteiger partial charge in [-0.15, -0.1) is 0 Å². The molecule has 0 atom stereocenters.